The van der Waals surface area contributed by atoms with E-state index >= 15 is 0 Å². The Bertz CT molecular complexity index is 1210. The predicted octanol–water partition coefficient (Wildman–Crippen LogP) is 3.68. The maximum absolute atomic E-state index is 12.6. The highest BCUT2D eigenvalue weighted by Crippen LogP contribution is 2.25. The first-order valence-corrected chi connectivity index (χ1v) is 10.5. The van der Waals surface area contributed by atoms with E-state index in [-0.39, 0.29) is 10.7 Å². The number of amides is 2. The molecule has 4 rings (SSSR count). The molecule has 1 saturated heterocycles. The summed E-state index contributed by atoms with van der Waals surface area (Å²) in [6.45, 7) is 3.37. The Hall–Kier alpha value is -3.45. The number of nitrogens with zero attached hydrogens (tertiary/aromatic N) is 2. The number of carbonyl (C=O) groups is 2. The minimum Gasteiger partial charge on any atom is -0.493 e. The van der Waals surface area contributed by atoms with Crippen molar-refractivity contribution >= 4 is 46.1 Å². The van der Waals surface area contributed by atoms with Crippen molar-refractivity contribution in [1.82, 2.24) is 14.8 Å². The van der Waals surface area contributed by atoms with Gasteiger partial charge in [0.2, 0.25) is 0 Å². The Morgan fingerprint density at radius 3 is 2.65 bits per heavy atom. The molecular weight excluding hydrogens is 410 g/mol. The molecule has 0 saturated carbocycles. The second-order valence-corrected chi connectivity index (χ2v) is 7.83. The molecule has 0 aliphatic carbocycles. The van der Waals surface area contributed by atoms with Crippen molar-refractivity contribution in [2.24, 2.45) is 0 Å². The number of para-hydroxylation sites is 2. The molecule has 0 radical (unpaired) electrons. The van der Waals surface area contributed by atoms with Crippen molar-refractivity contribution in [3.63, 3.8) is 0 Å². The number of nitrogens with one attached hydrogen (secondary N) is 1. The monoisotopic (exact) mass is 433 g/mol. The summed E-state index contributed by atoms with van der Waals surface area (Å²) in [5.41, 5.74) is 3.04. The van der Waals surface area contributed by atoms with E-state index in [0.29, 0.717) is 6.61 Å². The maximum atomic E-state index is 12.6. The molecule has 1 aliphatic heterocycles. The minimum atomic E-state index is -0.475. The van der Waals surface area contributed by atoms with Crippen LogP contribution in [0.15, 0.2) is 60.3 Å². The predicted molar refractivity (Wildman–Crippen MR) is 125 cm³/mol. The third-order valence-electron chi connectivity index (χ3n) is 5.32. The van der Waals surface area contributed by atoms with Gasteiger partial charge in [0, 0.05) is 36.3 Å². The molecule has 1 aliphatic rings. The third kappa shape index (κ3) is 4.22. The number of hydrogen-bond donors (Lipinski definition) is 1. The first-order valence-electron chi connectivity index (χ1n) is 10.1. The summed E-state index contributed by atoms with van der Waals surface area (Å²) >= 11 is 5.01. The number of benzene rings is 2. The fourth-order valence-corrected chi connectivity index (χ4v) is 3.79. The van der Waals surface area contributed by atoms with Gasteiger partial charge in [0.25, 0.3) is 11.8 Å². The topological polar surface area (TPSA) is 63.6 Å². The number of thiocarbonyl (C=S) groups is 1. The lowest BCUT2D eigenvalue weighted by atomic mass is 10.1. The maximum Gasteiger partial charge on any atom is 0.265 e. The molecule has 1 aromatic heterocycles. The molecule has 158 valence electrons. The zero-order chi connectivity index (χ0) is 22.0. The molecule has 0 unspecified atom stereocenters. The lowest BCUT2D eigenvalue weighted by Crippen LogP contribution is -2.52. The molecule has 2 amide bonds. The molecule has 7 heteroatoms. The summed E-state index contributed by atoms with van der Waals surface area (Å²) in [7, 11) is 1.55. The molecule has 2 heterocycles. The smallest absolute Gasteiger partial charge is 0.265 e. The third-order valence-corrected chi connectivity index (χ3v) is 5.69. The lowest BCUT2D eigenvalue weighted by Gasteiger charge is -2.24. The summed E-state index contributed by atoms with van der Waals surface area (Å²) in [6, 6.07) is 15.9. The first-order chi connectivity index (χ1) is 15.0. The van der Waals surface area contributed by atoms with Crippen molar-refractivity contribution in [3.05, 3.63) is 71.4 Å². The Balaban J connectivity index is 1.55. The Kier molecular flexibility index (Phi) is 5.86. The lowest BCUT2D eigenvalue weighted by molar-refractivity contribution is -0.128. The van der Waals surface area contributed by atoms with Gasteiger partial charge in [-0.25, -0.2) is 0 Å². The van der Waals surface area contributed by atoms with E-state index in [4.69, 9.17) is 17.0 Å². The van der Waals surface area contributed by atoms with Crippen LogP contribution in [0.4, 0.5) is 0 Å². The highest BCUT2D eigenvalue weighted by Gasteiger charge is 2.31. The Morgan fingerprint density at radius 1 is 1.10 bits per heavy atom. The molecule has 2 aromatic carbocycles. The minimum absolute atomic E-state index is 0.0712. The second-order valence-electron chi connectivity index (χ2n) is 7.44. The van der Waals surface area contributed by atoms with E-state index in [9.17, 15) is 9.59 Å². The van der Waals surface area contributed by atoms with Crippen LogP contribution in [-0.4, -0.2) is 40.0 Å². The van der Waals surface area contributed by atoms with Crippen LogP contribution >= 0.6 is 12.2 Å². The number of likely N-dealkylation sites (N-methyl/N-ethyl adjacent to an activating group) is 1. The second kappa shape index (κ2) is 8.73. The summed E-state index contributed by atoms with van der Waals surface area (Å²) in [5.74, 6) is 0.0166. The van der Waals surface area contributed by atoms with E-state index in [1.165, 1.54) is 4.90 Å². The number of hydrogen-bond acceptors (Lipinski definition) is 4. The molecule has 0 bridgehead atoms. The van der Waals surface area contributed by atoms with Crippen LogP contribution in [0.25, 0.3) is 17.0 Å². The fourth-order valence-electron chi connectivity index (χ4n) is 3.61. The van der Waals surface area contributed by atoms with Crippen LogP contribution in [0.2, 0.25) is 0 Å². The average Bonchev–Trinajstić information content (AvgIpc) is 3.11. The first kappa shape index (κ1) is 20.8. The van der Waals surface area contributed by atoms with Crippen LogP contribution < -0.4 is 10.1 Å². The molecule has 6 nitrogen and oxygen atoms in total. The van der Waals surface area contributed by atoms with E-state index < -0.39 is 11.8 Å². The van der Waals surface area contributed by atoms with Crippen molar-refractivity contribution in [2.45, 2.75) is 19.9 Å². The van der Waals surface area contributed by atoms with Gasteiger partial charge in [0.15, 0.2) is 5.11 Å². The van der Waals surface area contributed by atoms with Crippen LogP contribution in [-0.2, 0) is 16.1 Å². The van der Waals surface area contributed by atoms with Crippen molar-refractivity contribution in [2.75, 3.05) is 13.7 Å². The highest BCUT2D eigenvalue weighted by atomic mass is 32.1. The number of carbonyl (C=O) groups excluding carboxylic acids is 2. The zero-order valence-electron chi connectivity index (χ0n) is 17.4. The number of aromatic nitrogens is 1. The number of rotatable bonds is 6. The normalized spacial score (nSPS) is 15.6. The van der Waals surface area contributed by atoms with Crippen molar-refractivity contribution in [3.8, 4) is 5.75 Å². The van der Waals surface area contributed by atoms with Gasteiger partial charge in [0.05, 0.1) is 6.61 Å². The van der Waals surface area contributed by atoms with E-state index in [1.807, 2.05) is 61.7 Å². The van der Waals surface area contributed by atoms with Crippen LogP contribution in [0.3, 0.4) is 0 Å². The molecule has 0 atom stereocenters. The van der Waals surface area contributed by atoms with Crippen LogP contribution in [0, 0.1) is 6.92 Å². The quantitative estimate of drug-likeness (QED) is 0.279. The van der Waals surface area contributed by atoms with Gasteiger partial charge in [-0.3, -0.25) is 19.8 Å². The SMILES string of the molecule is Cc1ccccc1OCCCn1cc(/C=C2/C(=O)NC(=S)N(C)C2=O)c2ccccc21. The zero-order valence-corrected chi connectivity index (χ0v) is 18.2. The molecule has 31 heavy (non-hydrogen) atoms. The Labute approximate surface area is 186 Å². The van der Waals surface area contributed by atoms with Gasteiger partial charge >= 0.3 is 0 Å². The molecule has 1 fully saturated rings. The van der Waals surface area contributed by atoms with Gasteiger partial charge in [0.1, 0.15) is 11.3 Å². The van der Waals surface area contributed by atoms with Gasteiger partial charge < -0.3 is 9.30 Å². The molecule has 0 spiro atoms. The standard InChI is InChI=1S/C24H23N3O3S/c1-16-8-3-6-11-21(16)30-13-7-12-27-15-17(18-9-4-5-10-20(18)27)14-19-22(28)25-24(31)26(2)23(19)29/h3-6,8-11,14-15H,7,12-13H2,1-2H3,(H,25,28,31)/b19-14-. The van der Waals surface area contributed by atoms with Crippen molar-refractivity contribution < 1.29 is 14.3 Å². The summed E-state index contributed by atoms with van der Waals surface area (Å²) in [5, 5.41) is 3.64. The van der Waals surface area contributed by atoms with E-state index in [0.717, 1.165) is 40.7 Å². The van der Waals surface area contributed by atoms with E-state index in [1.54, 1.807) is 13.1 Å². The average molecular weight is 434 g/mol. The summed E-state index contributed by atoms with van der Waals surface area (Å²) in [6.07, 6.45) is 4.43. The van der Waals surface area contributed by atoms with Gasteiger partial charge in [-0.1, -0.05) is 36.4 Å². The molecular formula is C24H23N3O3S. The number of fused-ring (bicyclic) bond motifs is 1. The Morgan fingerprint density at radius 2 is 1.84 bits per heavy atom. The summed E-state index contributed by atoms with van der Waals surface area (Å²) in [4.78, 5) is 26.2. The highest BCUT2D eigenvalue weighted by molar-refractivity contribution is 7.80. The van der Waals surface area contributed by atoms with Crippen LogP contribution in [0.1, 0.15) is 17.5 Å². The van der Waals surface area contributed by atoms with Gasteiger partial charge in [-0.2, -0.15) is 0 Å². The fraction of sp³-hybridized carbons (Fsp3) is 0.208. The van der Waals surface area contributed by atoms with E-state index in [2.05, 4.69) is 9.88 Å². The van der Waals surface area contributed by atoms with Gasteiger partial charge in [-0.15, -0.1) is 0 Å². The van der Waals surface area contributed by atoms with Gasteiger partial charge in [-0.05, 0) is 49.3 Å². The number of ether oxygens (including phenoxy) is 1. The largest absolute Gasteiger partial charge is 0.493 e. The molecule has 1 N–H and O–H groups in total. The number of aryl methyl sites for hydroxylation is 2. The molecule has 3 aromatic rings. The van der Waals surface area contributed by atoms with Crippen molar-refractivity contribution in [1.29, 1.82) is 0 Å². The summed E-state index contributed by atoms with van der Waals surface area (Å²) < 4.78 is 8.04. The van der Waals surface area contributed by atoms with Crippen LogP contribution in [0.5, 0.6) is 5.75 Å².